The third kappa shape index (κ3) is 4.72. The highest BCUT2D eigenvalue weighted by Gasteiger charge is 2.35. The van der Waals surface area contributed by atoms with Crippen molar-refractivity contribution in [3.05, 3.63) is 87.6 Å². The molecule has 10 nitrogen and oxygen atoms in total. The van der Waals surface area contributed by atoms with Crippen LogP contribution in [0.1, 0.15) is 34.1 Å². The van der Waals surface area contributed by atoms with E-state index in [0.717, 1.165) is 12.3 Å². The predicted octanol–water partition coefficient (Wildman–Crippen LogP) is 3.63. The Labute approximate surface area is 227 Å². The van der Waals surface area contributed by atoms with Gasteiger partial charge in [-0.2, -0.15) is 4.98 Å². The molecule has 1 saturated heterocycles. The van der Waals surface area contributed by atoms with Crippen LogP contribution in [-0.2, 0) is 0 Å². The van der Waals surface area contributed by atoms with Crippen molar-refractivity contribution in [2.75, 3.05) is 27.3 Å². The smallest absolute Gasteiger partial charge is 0.290 e. The molecule has 4 heterocycles. The van der Waals surface area contributed by atoms with E-state index < -0.39 is 40.5 Å². The maximum atomic E-state index is 14.4. The van der Waals surface area contributed by atoms with E-state index in [4.69, 9.17) is 9.47 Å². The lowest BCUT2D eigenvalue weighted by Crippen LogP contribution is -2.34. The summed E-state index contributed by atoms with van der Waals surface area (Å²) < 4.78 is 40.0. The number of carbonyl (C=O) groups is 1. The van der Waals surface area contributed by atoms with Crippen LogP contribution in [0.5, 0.6) is 17.4 Å². The summed E-state index contributed by atoms with van der Waals surface area (Å²) in [5.41, 5.74) is -0.441. The van der Waals surface area contributed by atoms with Crippen molar-refractivity contribution in [3.63, 3.8) is 0 Å². The molecular weight excluding hydrogens is 524 g/mol. The SMILES string of the molecule is COc1cccc(OC)c1-n1c(-c2cccc(C)n2)nc(=O)c(C(=O)N2CCC(c3ncc(F)cc3F)C2)c1O. The number of rotatable bonds is 6. The number of halogens is 2. The number of aromatic hydroxyl groups is 1. The first-order valence-electron chi connectivity index (χ1n) is 12.3. The summed E-state index contributed by atoms with van der Waals surface area (Å²) in [5.74, 6) is -3.14. The lowest BCUT2D eigenvalue weighted by atomic mass is 10.0. The fourth-order valence-corrected chi connectivity index (χ4v) is 4.85. The van der Waals surface area contributed by atoms with Gasteiger partial charge in [0.15, 0.2) is 11.4 Å². The van der Waals surface area contributed by atoms with Gasteiger partial charge in [0, 0.05) is 30.8 Å². The van der Waals surface area contributed by atoms with Crippen LogP contribution in [0.25, 0.3) is 17.2 Å². The molecule has 1 aliphatic rings. The van der Waals surface area contributed by atoms with E-state index in [1.807, 2.05) is 0 Å². The second kappa shape index (κ2) is 10.7. The van der Waals surface area contributed by atoms with Crippen molar-refractivity contribution in [3.8, 4) is 34.6 Å². The largest absolute Gasteiger partial charge is 0.494 e. The molecule has 0 radical (unpaired) electrons. The third-order valence-corrected chi connectivity index (χ3v) is 6.72. The number of aryl methyl sites for hydroxylation is 1. The van der Waals surface area contributed by atoms with Gasteiger partial charge in [-0.3, -0.25) is 19.1 Å². The van der Waals surface area contributed by atoms with Gasteiger partial charge in [-0.15, -0.1) is 0 Å². The minimum Gasteiger partial charge on any atom is -0.494 e. The van der Waals surface area contributed by atoms with Gasteiger partial charge < -0.3 is 19.5 Å². The van der Waals surface area contributed by atoms with Crippen molar-refractivity contribution in [2.24, 2.45) is 0 Å². The molecule has 1 unspecified atom stereocenters. The Morgan fingerprint density at radius 2 is 1.77 bits per heavy atom. The van der Waals surface area contributed by atoms with Crippen LogP contribution in [0, 0.1) is 18.6 Å². The lowest BCUT2D eigenvalue weighted by Gasteiger charge is -2.22. The van der Waals surface area contributed by atoms with Gasteiger partial charge in [0.2, 0.25) is 5.88 Å². The number of para-hydroxylation sites is 1. The molecule has 206 valence electrons. The van der Waals surface area contributed by atoms with Crippen LogP contribution in [0.4, 0.5) is 8.78 Å². The highest BCUT2D eigenvalue weighted by atomic mass is 19.1. The summed E-state index contributed by atoms with van der Waals surface area (Å²) in [5, 5.41) is 11.6. The van der Waals surface area contributed by atoms with E-state index in [9.17, 15) is 23.5 Å². The third-order valence-electron chi connectivity index (χ3n) is 6.72. The molecule has 0 bridgehead atoms. The van der Waals surface area contributed by atoms with Crippen molar-refractivity contribution in [1.82, 2.24) is 24.4 Å². The van der Waals surface area contributed by atoms with Gasteiger partial charge in [-0.25, -0.2) is 13.8 Å². The Morgan fingerprint density at radius 1 is 1.07 bits per heavy atom. The maximum Gasteiger partial charge on any atom is 0.290 e. The van der Waals surface area contributed by atoms with Gasteiger partial charge >= 0.3 is 0 Å². The summed E-state index contributed by atoms with van der Waals surface area (Å²) >= 11 is 0. The van der Waals surface area contributed by atoms with Crippen LogP contribution in [0.15, 0.2) is 53.5 Å². The Bertz CT molecular complexity index is 1650. The molecule has 1 atom stereocenters. The fraction of sp³-hybridized carbons (Fsp3) is 0.250. The predicted molar refractivity (Wildman–Crippen MR) is 140 cm³/mol. The van der Waals surface area contributed by atoms with Crippen LogP contribution in [0.2, 0.25) is 0 Å². The molecule has 40 heavy (non-hydrogen) atoms. The highest BCUT2D eigenvalue weighted by Crippen LogP contribution is 2.39. The summed E-state index contributed by atoms with van der Waals surface area (Å²) in [6.07, 6.45) is 1.24. The second-order valence-corrected chi connectivity index (χ2v) is 9.21. The monoisotopic (exact) mass is 549 g/mol. The van der Waals surface area contributed by atoms with Crippen molar-refractivity contribution in [1.29, 1.82) is 0 Å². The summed E-state index contributed by atoms with van der Waals surface area (Å²) in [4.78, 5) is 40.8. The molecular formula is C28H25F2N5O5. The van der Waals surface area contributed by atoms with Crippen LogP contribution >= 0.6 is 0 Å². The van der Waals surface area contributed by atoms with E-state index in [1.54, 1.807) is 43.3 Å². The van der Waals surface area contributed by atoms with Crippen LogP contribution in [0.3, 0.4) is 0 Å². The Hall–Kier alpha value is -4.87. The number of hydrogen-bond acceptors (Lipinski definition) is 8. The van der Waals surface area contributed by atoms with Crippen molar-refractivity contribution >= 4 is 5.91 Å². The topological polar surface area (TPSA) is 120 Å². The number of benzene rings is 1. The number of carbonyl (C=O) groups excluding carboxylic acids is 1. The molecule has 3 aromatic heterocycles. The molecule has 1 fully saturated rings. The Balaban J connectivity index is 1.65. The summed E-state index contributed by atoms with van der Waals surface area (Å²) in [7, 11) is 2.85. The van der Waals surface area contributed by atoms with E-state index in [0.29, 0.717) is 12.1 Å². The Morgan fingerprint density at radius 3 is 2.42 bits per heavy atom. The summed E-state index contributed by atoms with van der Waals surface area (Å²) in [6.45, 7) is 1.92. The number of methoxy groups -OCH3 is 2. The fourth-order valence-electron chi connectivity index (χ4n) is 4.85. The molecule has 0 aliphatic carbocycles. The number of hydrogen-bond donors (Lipinski definition) is 1. The van der Waals surface area contributed by atoms with Crippen molar-refractivity contribution < 1.29 is 28.2 Å². The maximum absolute atomic E-state index is 14.4. The molecule has 1 N–H and O–H groups in total. The van der Waals surface area contributed by atoms with Crippen molar-refractivity contribution in [2.45, 2.75) is 19.3 Å². The van der Waals surface area contributed by atoms with E-state index in [1.165, 1.54) is 23.7 Å². The van der Waals surface area contributed by atoms with Gasteiger partial charge in [-0.1, -0.05) is 12.1 Å². The highest BCUT2D eigenvalue weighted by molar-refractivity contribution is 5.96. The van der Waals surface area contributed by atoms with Gasteiger partial charge in [0.25, 0.3) is 11.5 Å². The average Bonchev–Trinajstić information content (AvgIpc) is 3.42. The summed E-state index contributed by atoms with van der Waals surface area (Å²) in [6, 6.07) is 10.8. The molecule has 5 rings (SSSR count). The molecule has 1 aliphatic heterocycles. The minimum absolute atomic E-state index is 0.00638. The molecule has 1 aromatic carbocycles. The molecule has 0 spiro atoms. The van der Waals surface area contributed by atoms with E-state index >= 15 is 0 Å². The quantitative estimate of drug-likeness (QED) is 0.387. The standard InChI is InChI=1S/C28H25F2N5O5/c1-15-6-4-7-19(32-15)25-33-26(36)22(28(38)35(25)24-20(39-2)8-5-9-21(24)40-3)27(37)34-11-10-16(14-34)23-18(30)12-17(29)13-31-23/h4-9,12-13,16,38H,10-11,14H2,1-3H3. The molecule has 12 heteroatoms. The average molecular weight is 550 g/mol. The van der Waals surface area contributed by atoms with Crippen LogP contribution < -0.4 is 15.0 Å². The van der Waals surface area contributed by atoms with Gasteiger partial charge in [0.1, 0.15) is 34.5 Å². The number of aromatic nitrogens is 4. The normalized spacial score (nSPS) is 14.8. The number of amides is 1. The number of pyridine rings is 2. The zero-order chi connectivity index (χ0) is 28.6. The number of nitrogens with zero attached hydrogens (tertiary/aromatic N) is 5. The lowest BCUT2D eigenvalue weighted by molar-refractivity contribution is 0.0784. The van der Waals surface area contributed by atoms with Crippen LogP contribution in [-0.4, -0.2) is 62.7 Å². The molecule has 1 amide bonds. The zero-order valence-electron chi connectivity index (χ0n) is 21.9. The van der Waals surface area contributed by atoms with E-state index in [2.05, 4.69) is 15.0 Å². The first-order chi connectivity index (χ1) is 19.2. The van der Waals surface area contributed by atoms with E-state index in [-0.39, 0.29) is 47.5 Å². The number of likely N-dealkylation sites (tertiary alicyclic amines) is 1. The molecule has 0 saturated carbocycles. The van der Waals surface area contributed by atoms with Gasteiger partial charge in [0.05, 0.1) is 26.1 Å². The second-order valence-electron chi connectivity index (χ2n) is 9.21. The minimum atomic E-state index is -0.972. The van der Waals surface area contributed by atoms with Gasteiger partial charge in [-0.05, 0) is 37.6 Å². The first-order valence-corrected chi connectivity index (χ1v) is 12.3. The molecule has 4 aromatic rings. The Kier molecular flexibility index (Phi) is 7.16. The zero-order valence-corrected chi connectivity index (χ0v) is 21.9. The number of ether oxygens (including phenoxy) is 2. The first kappa shape index (κ1) is 26.7.